The van der Waals surface area contributed by atoms with Gasteiger partial charge in [0.15, 0.2) is 0 Å². The van der Waals surface area contributed by atoms with Crippen molar-refractivity contribution in [3.8, 4) is 5.82 Å². The lowest BCUT2D eigenvalue weighted by atomic mass is 9.94. The molecule has 0 aliphatic carbocycles. The number of pyridine rings is 1. The molecule has 0 saturated carbocycles. The van der Waals surface area contributed by atoms with E-state index in [0.717, 1.165) is 50.3 Å². The molecule has 1 fully saturated rings. The van der Waals surface area contributed by atoms with Crippen LogP contribution in [-0.2, 0) is 11.2 Å². The number of hydrogen-bond donors (Lipinski definition) is 0. The molecule has 5 nitrogen and oxygen atoms in total. The van der Waals surface area contributed by atoms with Crippen LogP contribution >= 0.6 is 0 Å². The SMILES string of the molecule is O=C(CCCc1ccccc1)N1CCCC(c2cccc(-n3ccnc3)n2)C1. The van der Waals surface area contributed by atoms with E-state index in [-0.39, 0.29) is 5.91 Å². The van der Waals surface area contributed by atoms with Crippen molar-refractivity contribution in [2.24, 2.45) is 0 Å². The van der Waals surface area contributed by atoms with Crippen molar-refractivity contribution >= 4 is 5.91 Å². The van der Waals surface area contributed by atoms with Crippen molar-refractivity contribution in [2.75, 3.05) is 13.1 Å². The molecule has 1 aliphatic heterocycles. The summed E-state index contributed by atoms with van der Waals surface area (Å²) >= 11 is 0. The normalized spacial score (nSPS) is 16.9. The molecule has 1 amide bonds. The predicted molar refractivity (Wildman–Crippen MR) is 109 cm³/mol. The zero-order chi connectivity index (χ0) is 19.2. The average molecular weight is 374 g/mol. The van der Waals surface area contributed by atoms with Crippen LogP contribution in [0.25, 0.3) is 5.82 Å². The summed E-state index contributed by atoms with van der Waals surface area (Å²) in [4.78, 5) is 23.7. The fraction of sp³-hybridized carbons (Fsp3) is 0.348. The Bertz CT molecular complexity index is 892. The summed E-state index contributed by atoms with van der Waals surface area (Å²) in [6.45, 7) is 1.63. The van der Waals surface area contributed by atoms with Crippen molar-refractivity contribution in [3.63, 3.8) is 0 Å². The number of piperidine rings is 1. The number of imidazole rings is 1. The van der Waals surface area contributed by atoms with Crippen LogP contribution in [0.2, 0.25) is 0 Å². The van der Waals surface area contributed by atoms with Gasteiger partial charge < -0.3 is 4.90 Å². The lowest BCUT2D eigenvalue weighted by Gasteiger charge is -2.32. The highest BCUT2D eigenvalue weighted by Gasteiger charge is 2.25. The number of hydrogen-bond acceptors (Lipinski definition) is 3. The monoisotopic (exact) mass is 374 g/mol. The molecule has 1 atom stereocenters. The van der Waals surface area contributed by atoms with Gasteiger partial charge in [0.25, 0.3) is 0 Å². The van der Waals surface area contributed by atoms with Crippen LogP contribution in [0.4, 0.5) is 0 Å². The third-order valence-corrected chi connectivity index (χ3v) is 5.42. The molecule has 28 heavy (non-hydrogen) atoms. The molecule has 1 unspecified atom stereocenters. The molecule has 0 spiro atoms. The molecule has 2 aromatic heterocycles. The molecule has 1 aromatic carbocycles. The van der Waals surface area contributed by atoms with Gasteiger partial charge in [-0.2, -0.15) is 0 Å². The lowest BCUT2D eigenvalue weighted by Crippen LogP contribution is -2.39. The van der Waals surface area contributed by atoms with Crippen molar-refractivity contribution < 1.29 is 4.79 Å². The molecule has 0 bridgehead atoms. The lowest BCUT2D eigenvalue weighted by molar-refractivity contribution is -0.132. The van der Waals surface area contributed by atoms with Gasteiger partial charge in [-0.05, 0) is 43.4 Å². The van der Waals surface area contributed by atoms with E-state index in [2.05, 4.69) is 35.3 Å². The minimum absolute atomic E-state index is 0.270. The van der Waals surface area contributed by atoms with Crippen LogP contribution in [-0.4, -0.2) is 38.4 Å². The van der Waals surface area contributed by atoms with E-state index in [1.807, 2.05) is 33.9 Å². The third-order valence-electron chi connectivity index (χ3n) is 5.42. The fourth-order valence-corrected chi connectivity index (χ4v) is 3.90. The second-order valence-electron chi connectivity index (χ2n) is 7.41. The summed E-state index contributed by atoms with van der Waals surface area (Å²) in [5.41, 5.74) is 2.36. The number of benzene rings is 1. The Labute approximate surface area is 166 Å². The van der Waals surface area contributed by atoms with E-state index in [0.29, 0.717) is 12.3 Å². The van der Waals surface area contributed by atoms with Gasteiger partial charge in [-0.25, -0.2) is 9.97 Å². The van der Waals surface area contributed by atoms with Crippen molar-refractivity contribution in [1.29, 1.82) is 0 Å². The van der Waals surface area contributed by atoms with E-state index < -0.39 is 0 Å². The molecule has 1 aliphatic rings. The van der Waals surface area contributed by atoms with Crippen molar-refractivity contribution in [1.82, 2.24) is 19.4 Å². The van der Waals surface area contributed by atoms with E-state index >= 15 is 0 Å². The van der Waals surface area contributed by atoms with Crippen LogP contribution in [0.1, 0.15) is 42.9 Å². The van der Waals surface area contributed by atoms with Gasteiger partial charge in [-0.1, -0.05) is 36.4 Å². The zero-order valence-corrected chi connectivity index (χ0v) is 16.1. The molecule has 144 valence electrons. The molecule has 4 rings (SSSR count). The largest absolute Gasteiger partial charge is 0.342 e. The van der Waals surface area contributed by atoms with Crippen LogP contribution in [0.5, 0.6) is 0 Å². The summed E-state index contributed by atoms with van der Waals surface area (Å²) in [6.07, 6.45) is 10.00. The number of rotatable bonds is 6. The summed E-state index contributed by atoms with van der Waals surface area (Å²) in [5.74, 6) is 1.45. The van der Waals surface area contributed by atoms with Gasteiger partial charge in [0.1, 0.15) is 12.1 Å². The second kappa shape index (κ2) is 8.83. The summed E-state index contributed by atoms with van der Waals surface area (Å²) in [7, 11) is 0. The molecule has 0 radical (unpaired) electrons. The number of carbonyl (C=O) groups is 1. The molecular formula is C23H26N4O. The van der Waals surface area contributed by atoms with Crippen LogP contribution in [0.3, 0.4) is 0 Å². The van der Waals surface area contributed by atoms with Gasteiger partial charge in [-0.3, -0.25) is 9.36 Å². The highest BCUT2D eigenvalue weighted by molar-refractivity contribution is 5.76. The number of nitrogens with zero attached hydrogens (tertiary/aromatic N) is 4. The molecule has 5 heteroatoms. The van der Waals surface area contributed by atoms with Gasteiger partial charge >= 0.3 is 0 Å². The maximum atomic E-state index is 12.7. The maximum absolute atomic E-state index is 12.7. The predicted octanol–water partition coefficient (Wildman–Crippen LogP) is 4.00. The smallest absolute Gasteiger partial charge is 0.222 e. The molecule has 0 N–H and O–H groups in total. The highest BCUT2D eigenvalue weighted by atomic mass is 16.2. The Morgan fingerprint density at radius 2 is 2.00 bits per heavy atom. The Hall–Kier alpha value is -2.95. The van der Waals surface area contributed by atoms with Crippen molar-refractivity contribution in [2.45, 2.75) is 38.0 Å². The zero-order valence-electron chi connectivity index (χ0n) is 16.1. The topological polar surface area (TPSA) is 51.0 Å². The van der Waals surface area contributed by atoms with E-state index in [4.69, 9.17) is 4.98 Å². The molecule has 1 saturated heterocycles. The number of aryl methyl sites for hydroxylation is 1. The van der Waals surface area contributed by atoms with Crippen LogP contribution in [0.15, 0.2) is 67.3 Å². The van der Waals surface area contributed by atoms with E-state index in [9.17, 15) is 4.79 Å². The minimum atomic E-state index is 0.270. The first-order valence-corrected chi connectivity index (χ1v) is 10.1. The second-order valence-corrected chi connectivity index (χ2v) is 7.41. The highest BCUT2D eigenvalue weighted by Crippen LogP contribution is 2.26. The third kappa shape index (κ3) is 4.47. The van der Waals surface area contributed by atoms with Gasteiger partial charge in [-0.15, -0.1) is 0 Å². The Balaban J connectivity index is 1.35. The molecular weight excluding hydrogens is 348 g/mol. The Morgan fingerprint density at radius 1 is 1.11 bits per heavy atom. The molecule has 3 heterocycles. The Kier molecular flexibility index (Phi) is 5.80. The number of aromatic nitrogens is 3. The van der Waals surface area contributed by atoms with Gasteiger partial charge in [0.05, 0.1) is 0 Å². The summed E-state index contributed by atoms with van der Waals surface area (Å²) in [6, 6.07) is 16.5. The number of likely N-dealkylation sites (tertiary alicyclic amines) is 1. The number of carbonyl (C=O) groups excluding carboxylic acids is 1. The van der Waals surface area contributed by atoms with Crippen LogP contribution < -0.4 is 0 Å². The minimum Gasteiger partial charge on any atom is -0.342 e. The first-order valence-electron chi connectivity index (χ1n) is 10.1. The first kappa shape index (κ1) is 18.4. The van der Waals surface area contributed by atoms with E-state index in [1.165, 1.54) is 5.56 Å². The summed E-state index contributed by atoms with van der Waals surface area (Å²) < 4.78 is 1.92. The Morgan fingerprint density at radius 3 is 2.82 bits per heavy atom. The average Bonchev–Trinajstić information content (AvgIpc) is 3.30. The fourth-order valence-electron chi connectivity index (χ4n) is 3.90. The standard InChI is InChI=1S/C23H26N4O/c28-23(13-4-9-19-7-2-1-3-8-19)26-15-6-10-20(17-26)21-11-5-12-22(25-21)27-16-14-24-18-27/h1-3,5,7-8,11-12,14,16,18,20H,4,6,9-10,13,15,17H2. The van der Waals surface area contributed by atoms with Crippen LogP contribution in [0, 0.1) is 0 Å². The van der Waals surface area contributed by atoms with E-state index in [1.54, 1.807) is 12.5 Å². The van der Waals surface area contributed by atoms with Gasteiger partial charge in [0, 0.05) is 43.5 Å². The maximum Gasteiger partial charge on any atom is 0.222 e. The quantitative estimate of drug-likeness (QED) is 0.655. The van der Waals surface area contributed by atoms with Gasteiger partial charge in [0.2, 0.25) is 5.91 Å². The summed E-state index contributed by atoms with van der Waals surface area (Å²) in [5, 5.41) is 0. The first-order chi connectivity index (χ1) is 13.8. The molecule has 3 aromatic rings. The number of amides is 1. The van der Waals surface area contributed by atoms with Crippen molar-refractivity contribution in [3.05, 3.63) is 78.5 Å².